The van der Waals surface area contributed by atoms with E-state index in [1.54, 1.807) is 0 Å². The van der Waals surface area contributed by atoms with E-state index in [0.29, 0.717) is 13.2 Å². The van der Waals surface area contributed by atoms with Crippen LogP contribution < -0.4 is 9.47 Å². The molecule has 0 spiro atoms. The van der Waals surface area contributed by atoms with Crippen LogP contribution in [0.25, 0.3) is 0 Å². The molecule has 0 bridgehead atoms. The highest BCUT2D eigenvalue weighted by molar-refractivity contribution is 5.39. The highest BCUT2D eigenvalue weighted by atomic mass is 16.5. The van der Waals surface area contributed by atoms with Crippen LogP contribution in [0.1, 0.15) is 51.4 Å². The average Bonchev–Trinajstić information content (AvgIpc) is 2.55. The number of aliphatic hydroxyl groups excluding tert-OH is 2. The molecule has 0 aliphatic heterocycles. The lowest BCUT2D eigenvalue weighted by Crippen LogP contribution is -2.02. The van der Waals surface area contributed by atoms with Crippen molar-refractivity contribution in [3.63, 3.8) is 0 Å². The van der Waals surface area contributed by atoms with Crippen LogP contribution in [0.3, 0.4) is 0 Å². The lowest BCUT2D eigenvalue weighted by atomic mass is 10.2. The minimum atomic E-state index is 0.274. The zero-order chi connectivity index (χ0) is 15.9. The highest BCUT2D eigenvalue weighted by Crippen LogP contribution is 2.27. The summed E-state index contributed by atoms with van der Waals surface area (Å²) in [5.74, 6) is 1.61. The minimum absolute atomic E-state index is 0.274. The number of benzene rings is 1. The van der Waals surface area contributed by atoms with E-state index in [1.807, 2.05) is 24.3 Å². The summed E-state index contributed by atoms with van der Waals surface area (Å²) in [7, 11) is 0. The van der Waals surface area contributed by atoms with Gasteiger partial charge in [-0.25, -0.2) is 0 Å². The molecule has 2 N–H and O–H groups in total. The van der Waals surface area contributed by atoms with E-state index in [2.05, 4.69) is 0 Å². The van der Waals surface area contributed by atoms with Crippen LogP contribution >= 0.6 is 0 Å². The Hall–Kier alpha value is -1.26. The van der Waals surface area contributed by atoms with E-state index >= 15 is 0 Å². The van der Waals surface area contributed by atoms with E-state index in [9.17, 15) is 0 Å². The molecule has 0 radical (unpaired) electrons. The zero-order valence-corrected chi connectivity index (χ0v) is 13.5. The van der Waals surface area contributed by atoms with Gasteiger partial charge < -0.3 is 19.7 Å². The molecule has 0 amide bonds. The smallest absolute Gasteiger partial charge is 0.161 e. The molecule has 0 aromatic heterocycles. The molecule has 22 heavy (non-hydrogen) atoms. The van der Waals surface area contributed by atoms with Gasteiger partial charge in [-0.15, -0.1) is 0 Å². The Labute approximate surface area is 134 Å². The molecule has 0 aliphatic rings. The van der Waals surface area contributed by atoms with Gasteiger partial charge in [0.05, 0.1) is 13.2 Å². The second-order valence-corrected chi connectivity index (χ2v) is 5.42. The van der Waals surface area contributed by atoms with Crippen LogP contribution in [-0.2, 0) is 0 Å². The molecule has 1 aromatic carbocycles. The third kappa shape index (κ3) is 8.90. The summed E-state index contributed by atoms with van der Waals surface area (Å²) < 4.78 is 11.6. The number of ether oxygens (including phenoxy) is 2. The Morgan fingerprint density at radius 2 is 1.00 bits per heavy atom. The van der Waals surface area contributed by atoms with Gasteiger partial charge in [0.25, 0.3) is 0 Å². The van der Waals surface area contributed by atoms with Crippen LogP contribution in [0, 0.1) is 0 Å². The monoisotopic (exact) mass is 310 g/mol. The summed E-state index contributed by atoms with van der Waals surface area (Å²) in [5.41, 5.74) is 0. The van der Waals surface area contributed by atoms with E-state index in [0.717, 1.165) is 62.9 Å². The maximum atomic E-state index is 8.73. The van der Waals surface area contributed by atoms with Gasteiger partial charge in [-0.05, 0) is 50.7 Å². The fourth-order valence-corrected chi connectivity index (χ4v) is 2.19. The Kier molecular flexibility index (Phi) is 11.4. The van der Waals surface area contributed by atoms with Crippen LogP contribution in [0.15, 0.2) is 24.3 Å². The number of hydrogen-bond acceptors (Lipinski definition) is 4. The molecule has 0 saturated heterocycles. The van der Waals surface area contributed by atoms with Crippen molar-refractivity contribution in [2.45, 2.75) is 51.4 Å². The van der Waals surface area contributed by atoms with Gasteiger partial charge in [-0.1, -0.05) is 25.0 Å². The third-order valence-corrected chi connectivity index (χ3v) is 3.47. The van der Waals surface area contributed by atoms with Gasteiger partial charge in [0, 0.05) is 13.2 Å². The molecule has 0 unspecified atom stereocenters. The van der Waals surface area contributed by atoms with Gasteiger partial charge in [0.15, 0.2) is 11.5 Å². The van der Waals surface area contributed by atoms with Crippen molar-refractivity contribution in [3.8, 4) is 11.5 Å². The molecule has 0 heterocycles. The first-order valence-electron chi connectivity index (χ1n) is 8.45. The molecule has 1 rings (SSSR count). The molecular formula is C18H30O4. The Morgan fingerprint density at radius 3 is 1.41 bits per heavy atom. The summed E-state index contributed by atoms with van der Waals surface area (Å²) in [6.07, 6.45) is 7.98. The maximum absolute atomic E-state index is 8.73. The second kappa shape index (κ2) is 13.4. The molecule has 4 heteroatoms. The first kappa shape index (κ1) is 18.8. The second-order valence-electron chi connectivity index (χ2n) is 5.42. The van der Waals surface area contributed by atoms with E-state index in [4.69, 9.17) is 19.7 Å². The molecule has 0 aliphatic carbocycles. The number of para-hydroxylation sites is 2. The molecule has 1 aromatic rings. The summed E-state index contributed by atoms with van der Waals surface area (Å²) in [4.78, 5) is 0. The van der Waals surface area contributed by atoms with Crippen molar-refractivity contribution in [3.05, 3.63) is 24.3 Å². The quantitative estimate of drug-likeness (QED) is 0.516. The summed E-state index contributed by atoms with van der Waals surface area (Å²) >= 11 is 0. The summed E-state index contributed by atoms with van der Waals surface area (Å²) in [6.45, 7) is 1.91. The van der Waals surface area contributed by atoms with Crippen LogP contribution in [0.2, 0.25) is 0 Å². The van der Waals surface area contributed by atoms with Gasteiger partial charge >= 0.3 is 0 Å². The van der Waals surface area contributed by atoms with Crippen LogP contribution in [0.4, 0.5) is 0 Å². The third-order valence-electron chi connectivity index (χ3n) is 3.47. The van der Waals surface area contributed by atoms with Gasteiger partial charge in [-0.2, -0.15) is 0 Å². The number of hydrogen-bond donors (Lipinski definition) is 2. The number of aliphatic hydroxyl groups is 2. The van der Waals surface area contributed by atoms with E-state index in [1.165, 1.54) is 0 Å². The fraction of sp³-hybridized carbons (Fsp3) is 0.667. The molecule has 126 valence electrons. The predicted molar refractivity (Wildman–Crippen MR) is 88.5 cm³/mol. The maximum Gasteiger partial charge on any atom is 0.161 e. The van der Waals surface area contributed by atoms with Crippen molar-refractivity contribution in [2.75, 3.05) is 26.4 Å². The lowest BCUT2D eigenvalue weighted by Gasteiger charge is -2.12. The van der Waals surface area contributed by atoms with Crippen LogP contribution in [-0.4, -0.2) is 36.6 Å². The molecule has 4 nitrogen and oxygen atoms in total. The standard InChI is InChI=1S/C18H30O4/c19-13-7-1-3-9-15-21-17-11-5-6-12-18(17)22-16-10-4-2-8-14-20/h5-6,11-12,19-20H,1-4,7-10,13-16H2. The zero-order valence-electron chi connectivity index (χ0n) is 13.5. The van der Waals surface area contributed by atoms with Crippen molar-refractivity contribution in [1.29, 1.82) is 0 Å². The first-order valence-corrected chi connectivity index (χ1v) is 8.45. The Morgan fingerprint density at radius 1 is 0.591 bits per heavy atom. The molecule has 0 fully saturated rings. The van der Waals surface area contributed by atoms with Crippen molar-refractivity contribution in [2.24, 2.45) is 0 Å². The van der Waals surface area contributed by atoms with Crippen molar-refractivity contribution >= 4 is 0 Å². The highest BCUT2D eigenvalue weighted by Gasteiger charge is 2.04. The topological polar surface area (TPSA) is 58.9 Å². The Balaban J connectivity index is 2.20. The van der Waals surface area contributed by atoms with Gasteiger partial charge in [0.2, 0.25) is 0 Å². The molecule has 0 atom stereocenters. The summed E-state index contributed by atoms with van der Waals surface area (Å²) in [5, 5.41) is 17.5. The molecular weight excluding hydrogens is 280 g/mol. The number of unbranched alkanes of at least 4 members (excludes halogenated alkanes) is 6. The fourth-order valence-electron chi connectivity index (χ4n) is 2.19. The van der Waals surface area contributed by atoms with E-state index < -0.39 is 0 Å². The summed E-state index contributed by atoms with van der Waals surface area (Å²) in [6, 6.07) is 7.79. The average molecular weight is 310 g/mol. The van der Waals surface area contributed by atoms with Crippen molar-refractivity contribution < 1.29 is 19.7 Å². The lowest BCUT2D eigenvalue weighted by molar-refractivity contribution is 0.251. The number of rotatable bonds is 14. The van der Waals surface area contributed by atoms with Gasteiger partial charge in [0.1, 0.15) is 0 Å². The Bertz CT molecular complexity index is 333. The first-order chi connectivity index (χ1) is 10.9. The van der Waals surface area contributed by atoms with E-state index in [-0.39, 0.29) is 13.2 Å². The van der Waals surface area contributed by atoms with Crippen molar-refractivity contribution in [1.82, 2.24) is 0 Å². The normalized spacial score (nSPS) is 10.6. The minimum Gasteiger partial charge on any atom is -0.490 e. The van der Waals surface area contributed by atoms with Gasteiger partial charge in [-0.3, -0.25) is 0 Å². The largest absolute Gasteiger partial charge is 0.490 e. The molecule has 0 saturated carbocycles. The van der Waals surface area contributed by atoms with Crippen LogP contribution in [0.5, 0.6) is 11.5 Å². The predicted octanol–water partition coefficient (Wildman–Crippen LogP) is 3.55. The SMILES string of the molecule is OCCCCCCOc1ccccc1OCCCCCCO.